The van der Waals surface area contributed by atoms with Crippen molar-refractivity contribution in [2.24, 2.45) is 0 Å². The first-order valence-corrected chi connectivity index (χ1v) is 8.55. The topological polar surface area (TPSA) is 18.5 Å². The van der Waals surface area contributed by atoms with Gasteiger partial charge in [0.1, 0.15) is 0 Å². The molecule has 0 saturated carbocycles. The van der Waals surface area contributed by atoms with E-state index < -0.39 is 0 Å². The van der Waals surface area contributed by atoms with Crippen molar-refractivity contribution < 1.29 is 9.47 Å². The summed E-state index contributed by atoms with van der Waals surface area (Å²) < 4.78 is 11.6. The van der Waals surface area contributed by atoms with E-state index >= 15 is 0 Å². The summed E-state index contributed by atoms with van der Waals surface area (Å²) >= 11 is 12.1. The van der Waals surface area contributed by atoms with Crippen molar-refractivity contribution in [3.05, 3.63) is 69.7 Å². The Morgan fingerprint density at radius 2 is 1.04 bits per heavy atom. The Balaban J connectivity index is 2.52. The van der Waals surface area contributed by atoms with Gasteiger partial charge in [-0.15, -0.1) is 0 Å². The zero-order valence-electron chi connectivity index (χ0n) is 13.5. The first-order valence-electron chi connectivity index (χ1n) is 7.80. The van der Waals surface area contributed by atoms with Gasteiger partial charge in [-0.25, -0.2) is 0 Å². The maximum Gasteiger partial charge on any atom is 0.0669 e. The average molecular weight is 353 g/mol. The van der Waals surface area contributed by atoms with Crippen LogP contribution in [0.15, 0.2) is 48.5 Å². The Morgan fingerprint density at radius 1 is 0.696 bits per heavy atom. The van der Waals surface area contributed by atoms with E-state index in [1.807, 2.05) is 62.4 Å². The molecular weight excluding hydrogens is 331 g/mol. The SMILES string of the molecule is CCOCC(COCC)(c1ccc(Cl)cc1)c1ccc(Cl)cc1. The quantitative estimate of drug-likeness (QED) is 0.637. The Hall–Kier alpha value is -1.06. The molecule has 0 saturated heterocycles. The molecule has 0 N–H and O–H groups in total. The van der Waals surface area contributed by atoms with Crippen LogP contribution in [0.4, 0.5) is 0 Å². The fraction of sp³-hybridized carbons (Fsp3) is 0.368. The van der Waals surface area contributed by atoms with Gasteiger partial charge >= 0.3 is 0 Å². The molecular formula is C19H22Cl2O2. The van der Waals surface area contributed by atoms with Crippen molar-refractivity contribution in [3.8, 4) is 0 Å². The summed E-state index contributed by atoms with van der Waals surface area (Å²) in [6, 6.07) is 15.8. The molecule has 2 rings (SSSR count). The largest absolute Gasteiger partial charge is 0.380 e. The van der Waals surface area contributed by atoms with E-state index in [2.05, 4.69) is 0 Å². The molecule has 0 unspecified atom stereocenters. The molecule has 124 valence electrons. The minimum absolute atomic E-state index is 0.388. The third-order valence-electron chi connectivity index (χ3n) is 3.90. The van der Waals surface area contributed by atoms with Crippen LogP contribution in [0.2, 0.25) is 10.0 Å². The van der Waals surface area contributed by atoms with Crippen molar-refractivity contribution in [2.75, 3.05) is 26.4 Å². The standard InChI is InChI=1S/C19H22Cl2O2/c1-3-22-13-19(14-23-4-2,15-5-9-17(20)10-6-15)16-7-11-18(21)12-8-16/h5-12H,3-4,13-14H2,1-2H3. The molecule has 0 bridgehead atoms. The second-order valence-electron chi connectivity index (χ2n) is 5.37. The molecule has 0 aliphatic heterocycles. The average Bonchev–Trinajstić information content (AvgIpc) is 2.57. The number of hydrogen-bond acceptors (Lipinski definition) is 2. The number of benzene rings is 2. The summed E-state index contributed by atoms with van der Waals surface area (Å²) in [5.41, 5.74) is 1.85. The predicted octanol–water partition coefficient (Wildman–Crippen LogP) is 5.35. The summed E-state index contributed by atoms with van der Waals surface area (Å²) in [6.45, 7) is 6.36. The van der Waals surface area contributed by atoms with Crippen LogP contribution >= 0.6 is 23.2 Å². The van der Waals surface area contributed by atoms with Gasteiger partial charge in [-0.1, -0.05) is 47.5 Å². The molecule has 4 heteroatoms. The van der Waals surface area contributed by atoms with Gasteiger partial charge < -0.3 is 9.47 Å². The monoisotopic (exact) mass is 352 g/mol. The second-order valence-corrected chi connectivity index (χ2v) is 6.24. The lowest BCUT2D eigenvalue weighted by Crippen LogP contribution is -2.38. The van der Waals surface area contributed by atoms with Crippen LogP contribution < -0.4 is 0 Å². The van der Waals surface area contributed by atoms with Crippen LogP contribution in [0.3, 0.4) is 0 Å². The molecule has 0 spiro atoms. The van der Waals surface area contributed by atoms with Crippen molar-refractivity contribution in [2.45, 2.75) is 19.3 Å². The summed E-state index contributed by atoms with van der Waals surface area (Å²) in [6.07, 6.45) is 0. The molecule has 0 amide bonds. The van der Waals surface area contributed by atoms with Crippen molar-refractivity contribution in [1.82, 2.24) is 0 Å². The second kappa shape index (κ2) is 8.70. The highest BCUT2D eigenvalue weighted by molar-refractivity contribution is 6.30. The highest BCUT2D eigenvalue weighted by Gasteiger charge is 2.35. The zero-order valence-corrected chi connectivity index (χ0v) is 15.0. The third kappa shape index (κ3) is 4.48. The lowest BCUT2D eigenvalue weighted by molar-refractivity contribution is 0.0434. The van der Waals surface area contributed by atoms with E-state index in [0.717, 1.165) is 11.1 Å². The highest BCUT2D eigenvalue weighted by Crippen LogP contribution is 2.35. The molecule has 0 aliphatic carbocycles. The fourth-order valence-corrected chi connectivity index (χ4v) is 2.88. The molecule has 2 nitrogen and oxygen atoms in total. The van der Waals surface area contributed by atoms with E-state index in [1.165, 1.54) is 0 Å². The Bertz CT molecular complexity index is 538. The van der Waals surface area contributed by atoms with E-state index in [1.54, 1.807) is 0 Å². The van der Waals surface area contributed by atoms with Crippen LogP contribution in [0.25, 0.3) is 0 Å². The van der Waals surface area contributed by atoms with Gasteiger partial charge in [0, 0.05) is 23.3 Å². The fourth-order valence-electron chi connectivity index (χ4n) is 2.63. The molecule has 0 aliphatic rings. The van der Waals surface area contributed by atoms with E-state index in [-0.39, 0.29) is 5.41 Å². The molecule has 2 aromatic carbocycles. The van der Waals surface area contributed by atoms with Gasteiger partial charge in [0.15, 0.2) is 0 Å². The van der Waals surface area contributed by atoms with Crippen LogP contribution in [0.1, 0.15) is 25.0 Å². The van der Waals surface area contributed by atoms with Crippen molar-refractivity contribution in [1.29, 1.82) is 0 Å². The number of halogens is 2. The molecule has 0 fully saturated rings. The summed E-state index contributed by atoms with van der Waals surface area (Å²) in [7, 11) is 0. The lowest BCUT2D eigenvalue weighted by atomic mass is 9.75. The van der Waals surface area contributed by atoms with Crippen LogP contribution in [-0.2, 0) is 14.9 Å². The third-order valence-corrected chi connectivity index (χ3v) is 4.40. The van der Waals surface area contributed by atoms with Gasteiger partial charge in [0.05, 0.1) is 18.6 Å². The van der Waals surface area contributed by atoms with Gasteiger partial charge in [0.2, 0.25) is 0 Å². The van der Waals surface area contributed by atoms with Crippen LogP contribution in [-0.4, -0.2) is 26.4 Å². The molecule has 23 heavy (non-hydrogen) atoms. The summed E-state index contributed by atoms with van der Waals surface area (Å²) in [5.74, 6) is 0. The molecule has 2 aromatic rings. The first-order chi connectivity index (χ1) is 11.1. The number of hydrogen-bond donors (Lipinski definition) is 0. The van der Waals surface area contributed by atoms with E-state index in [0.29, 0.717) is 36.5 Å². The Labute approximate surface area is 148 Å². The summed E-state index contributed by atoms with van der Waals surface area (Å²) in [4.78, 5) is 0. The zero-order chi connectivity index (χ0) is 16.7. The van der Waals surface area contributed by atoms with Crippen LogP contribution in [0, 0.1) is 0 Å². The Kier molecular flexibility index (Phi) is 6.91. The lowest BCUT2D eigenvalue weighted by Gasteiger charge is -2.34. The van der Waals surface area contributed by atoms with E-state index in [9.17, 15) is 0 Å². The number of rotatable bonds is 8. The normalized spacial score (nSPS) is 11.7. The minimum atomic E-state index is -0.388. The highest BCUT2D eigenvalue weighted by atomic mass is 35.5. The molecule has 0 heterocycles. The van der Waals surface area contributed by atoms with Crippen molar-refractivity contribution >= 4 is 23.2 Å². The van der Waals surface area contributed by atoms with Gasteiger partial charge in [-0.3, -0.25) is 0 Å². The Morgan fingerprint density at radius 3 is 1.35 bits per heavy atom. The maximum atomic E-state index is 6.06. The van der Waals surface area contributed by atoms with Gasteiger partial charge in [-0.2, -0.15) is 0 Å². The van der Waals surface area contributed by atoms with Gasteiger partial charge in [0.25, 0.3) is 0 Å². The maximum absolute atomic E-state index is 6.06. The number of ether oxygens (including phenoxy) is 2. The smallest absolute Gasteiger partial charge is 0.0669 e. The molecule has 0 radical (unpaired) electrons. The first kappa shape index (κ1) is 18.3. The molecule has 0 atom stereocenters. The predicted molar refractivity (Wildman–Crippen MR) is 96.7 cm³/mol. The van der Waals surface area contributed by atoms with Crippen molar-refractivity contribution in [3.63, 3.8) is 0 Å². The minimum Gasteiger partial charge on any atom is -0.380 e. The summed E-state index contributed by atoms with van der Waals surface area (Å²) in [5, 5.41) is 1.43. The van der Waals surface area contributed by atoms with Crippen LogP contribution in [0.5, 0.6) is 0 Å². The van der Waals surface area contributed by atoms with Gasteiger partial charge in [-0.05, 0) is 49.2 Å². The molecule has 0 aromatic heterocycles. The van der Waals surface area contributed by atoms with E-state index in [4.69, 9.17) is 32.7 Å².